The molecule has 0 heterocycles. The Labute approximate surface area is 119 Å². The molecule has 104 valence electrons. The molecule has 0 unspecified atom stereocenters. The van der Waals surface area contributed by atoms with Gasteiger partial charge in [0.05, 0.1) is 0 Å². The molecule has 1 fully saturated rings. The monoisotopic (exact) mass is 331 g/mol. The molecule has 0 radical (unpaired) electrons. The van der Waals surface area contributed by atoms with Crippen molar-refractivity contribution < 1.29 is 13.6 Å². The lowest BCUT2D eigenvalue weighted by Gasteiger charge is -2.27. The number of rotatable bonds is 2. The number of carbonyl (C=O) groups excluding carboxylic acids is 1. The van der Waals surface area contributed by atoms with Gasteiger partial charge in [-0.2, -0.15) is 0 Å². The van der Waals surface area contributed by atoms with Gasteiger partial charge in [-0.15, -0.1) is 0 Å². The smallest absolute Gasteiger partial charge is 0.257 e. The van der Waals surface area contributed by atoms with Gasteiger partial charge >= 0.3 is 0 Å². The van der Waals surface area contributed by atoms with Gasteiger partial charge in [0.2, 0.25) is 0 Å². The van der Waals surface area contributed by atoms with Crippen molar-refractivity contribution in [3.63, 3.8) is 0 Å². The molecule has 1 aromatic carbocycles. The lowest BCUT2D eigenvalue weighted by Crippen LogP contribution is -2.38. The second-order valence-corrected chi connectivity index (χ2v) is 6.09. The standard InChI is InChI=1S/C14H16BrF2NO/c1-8-2-4-10(5-3-8)18-14(19)13-11(16)6-9(15)7-12(13)17/h6-8,10H,2-5H2,1H3,(H,18,19). The molecular weight excluding hydrogens is 316 g/mol. The van der Waals surface area contributed by atoms with Crippen molar-refractivity contribution in [2.24, 2.45) is 5.92 Å². The van der Waals surface area contributed by atoms with Crippen molar-refractivity contribution in [1.29, 1.82) is 0 Å². The van der Waals surface area contributed by atoms with Crippen molar-refractivity contribution >= 4 is 21.8 Å². The molecule has 0 bridgehead atoms. The van der Waals surface area contributed by atoms with Gasteiger partial charge in [-0.25, -0.2) is 8.78 Å². The fourth-order valence-electron chi connectivity index (χ4n) is 2.42. The molecule has 0 aromatic heterocycles. The molecule has 1 N–H and O–H groups in total. The summed E-state index contributed by atoms with van der Waals surface area (Å²) >= 11 is 2.99. The van der Waals surface area contributed by atoms with E-state index in [2.05, 4.69) is 28.2 Å². The number of nitrogens with one attached hydrogen (secondary N) is 1. The summed E-state index contributed by atoms with van der Waals surface area (Å²) in [5, 5.41) is 2.72. The third kappa shape index (κ3) is 3.53. The van der Waals surface area contributed by atoms with Gasteiger partial charge in [0.1, 0.15) is 17.2 Å². The van der Waals surface area contributed by atoms with Crippen molar-refractivity contribution in [2.45, 2.75) is 38.6 Å². The van der Waals surface area contributed by atoms with Gasteiger partial charge in [0.15, 0.2) is 0 Å². The topological polar surface area (TPSA) is 29.1 Å². The predicted molar refractivity (Wildman–Crippen MR) is 72.9 cm³/mol. The van der Waals surface area contributed by atoms with Gasteiger partial charge in [0.25, 0.3) is 5.91 Å². The van der Waals surface area contributed by atoms with Crippen LogP contribution in [0.2, 0.25) is 0 Å². The number of benzene rings is 1. The predicted octanol–water partition coefficient (Wildman–Crippen LogP) is 4.04. The largest absolute Gasteiger partial charge is 0.349 e. The molecule has 1 amide bonds. The fourth-order valence-corrected chi connectivity index (χ4v) is 2.82. The first-order valence-electron chi connectivity index (χ1n) is 6.42. The van der Waals surface area contributed by atoms with Crippen LogP contribution in [-0.2, 0) is 0 Å². The van der Waals surface area contributed by atoms with E-state index < -0.39 is 23.1 Å². The first kappa shape index (κ1) is 14.4. The fraction of sp³-hybridized carbons (Fsp3) is 0.500. The average Bonchev–Trinajstić information content (AvgIpc) is 2.30. The van der Waals surface area contributed by atoms with E-state index in [1.807, 2.05) is 0 Å². The summed E-state index contributed by atoms with van der Waals surface area (Å²) in [5.41, 5.74) is -0.498. The van der Waals surface area contributed by atoms with Crippen LogP contribution in [0.4, 0.5) is 8.78 Å². The lowest BCUT2D eigenvalue weighted by molar-refractivity contribution is 0.0914. The SMILES string of the molecule is CC1CCC(NC(=O)c2c(F)cc(Br)cc2F)CC1. The molecule has 1 aliphatic rings. The van der Waals surface area contributed by atoms with Crippen LogP contribution in [0.3, 0.4) is 0 Å². The van der Waals surface area contributed by atoms with E-state index in [1.54, 1.807) is 0 Å². The number of amides is 1. The summed E-state index contributed by atoms with van der Waals surface area (Å²) in [6, 6.07) is 2.22. The van der Waals surface area contributed by atoms with Crippen molar-refractivity contribution in [2.75, 3.05) is 0 Å². The van der Waals surface area contributed by atoms with E-state index in [4.69, 9.17) is 0 Å². The van der Waals surface area contributed by atoms with Gasteiger partial charge < -0.3 is 5.32 Å². The van der Waals surface area contributed by atoms with Crippen molar-refractivity contribution in [3.05, 3.63) is 33.8 Å². The van der Waals surface area contributed by atoms with E-state index in [1.165, 1.54) is 0 Å². The van der Waals surface area contributed by atoms with E-state index in [0.717, 1.165) is 37.8 Å². The number of hydrogen-bond acceptors (Lipinski definition) is 1. The molecule has 2 rings (SSSR count). The first-order valence-corrected chi connectivity index (χ1v) is 7.22. The Kier molecular flexibility index (Phi) is 4.55. The highest BCUT2D eigenvalue weighted by molar-refractivity contribution is 9.10. The summed E-state index contributed by atoms with van der Waals surface area (Å²) < 4.78 is 27.6. The maximum Gasteiger partial charge on any atom is 0.257 e. The Morgan fingerprint density at radius 2 is 1.74 bits per heavy atom. The minimum atomic E-state index is -0.839. The van der Waals surface area contributed by atoms with Crippen LogP contribution in [0.15, 0.2) is 16.6 Å². The molecular formula is C14H16BrF2NO. The summed E-state index contributed by atoms with van der Waals surface area (Å²) in [7, 11) is 0. The van der Waals surface area contributed by atoms with Gasteiger partial charge in [0, 0.05) is 10.5 Å². The summed E-state index contributed by atoms with van der Waals surface area (Å²) in [5.74, 6) is -1.68. The summed E-state index contributed by atoms with van der Waals surface area (Å²) in [4.78, 5) is 11.9. The van der Waals surface area contributed by atoms with E-state index in [0.29, 0.717) is 5.92 Å². The highest BCUT2D eigenvalue weighted by Crippen LogP contribution is 2.24. The Morgan fingerprint density at radius 1 is 1.21 bits per heavy atom. The Bertz CT molecular complexity index is 461. The molecule has 0 spiro atoms. The number of halogens is 3. The minimum absolute atomic E-state index is 0.0196. The zero-order chi connectivity index (χ0) is 14.0. The van der Waals surface area contributed by atoms with Gasteiger partial charge in [-0.3, -0.25) is 4.79 Å². The van der Waals surface area contributed by atoms with E-state index in [9.17, 15) is 13.6 Å². The van der Waals surface area contributed by atoms with Gasteiger partial charge in [-0.05, 0) is 43.7 Å². The molecule has 0 aliphatic heterocycles. The normalized spacial score (nSPS) is 23.2. The molecule has 19 heavy (non-hydrogen) atoms. The van der Waals surface area contributed by atoms with Crippen LogP contribution in [0.25, 0.3) is 0 Å². The maximum atomic E-state index is 13.6. The molecule has 0 atom stereocenters. The quantitative estimate of drug-likeness (QED) is 0.870. The van der Waals surface area contributed by atoms with E-state index >= 15 is 0 Å². The van der Waals surface area contributed by atoms with Crippen LogP contribution >= 0.6 is 15.9 Å². The summed E-state index contributed by atoms with van der Waals surface area (Å²) in [6.45, 7) is 2.17. The van der Waals surface area contributed by atoms with Crippen LogP contribution < -0.4 is 5.32 Å². The molecule has 2 nitrogen and oxygen atoms in total. The number of hydrogen-bond donors (Lipinski definition) is 1. The van der Waals surface area contributed by atoms with Crippen molar-refractivity contribution in [3.8, 4) is 0 Å². The summed E-state index contributed by atoms with van der Waals surface area (Å²) in [6.07, 6.45) is 3.81. The van der Waals surface area contributed by atoms with Crippen LogP contribution in [-0.4, -0.2) is 11.9 Å². The second kappa shape index (κ2) is 5.99. The third-order valence-electron chi connectivity index (χ3n) is 3.59. The Balaban J connectivity index is 2.08. The van der Waals surface area contributed by atoms with Crippen LogP contribution in [0.5, 0.6) is 0 Å². The zero-order valence-corrected chi connectivity index (χ0v) is 12.3. The lowest BCUT2D eigenvalue weighted by atomic mass is 9.87. The highest BCUT2D eigenvalue weighted by atomic mass is 79.9. The molecule has 1 saturated carbocycles. The third-order valence-corrected chi connectivity index (χ3v) is 4.04. The molecule has 1 aliphatic carbocycles. The average molecular weight is 332 g/mol. The second-order valence-electron chi connectivity index (χ2n) is 5.17. The Morgan fingerprint density at radius 3 is 2.26 bits per heavy atom. The number of carbonyl (C=O) groups is 1. The van der Waals surface area contributed by atoms with Crippen LogP contribution in [0, 0.1) is 17.6 Å². The molecule has 0 saturated heterocycles. The zero-order valence-electron chi connectivity index (χ0n) is 10.7. The minimum Gasteiger partial charge on any atom is -0.349 e. The molecule has 1 aromatic rings. The Hall–Kier alpha value is -0.970. The van der Waals surface area contributed by atoms with Crippen molar-refractivity contribution in [1.82, 2.24) is 5.32 Å². The first-order chi connectivity index (χ1) is 8.97. The van der Waals surface area contributed by atoms with Gasteiger partial charge in [-0.1, -0.05) is 22.9 Å². The molecule has 5 heteroatoms. The van der Waals surface area contributed by atoms with E-state index in [-0.39, 0.29) is 10.5 Å². The van der Waals surface area contributed by atoms with Crippen LogP contribution in [0.1, 0.15) is 43.0 Å². The highest BCUT2D eigenvalue weighted by Gasteiger charge is 2.24. The maximum absolute atomic E-state index is 13.6.